The number of methoxy groups -OCH3 is 1. The molecule has 0 spiro atoms. The molecule has 0 saturated heterocycles. The highest BCUT2D eigenvalue weighted by Crippen LogP contribution is 2.03. The van der Waals surface area contributed by atoms with E-state index in [9.17, 15) is 4.79 Å². The summed E-state index contributed by atoms with van der Waals surface area (Å²) in [4.78, 5) is 18.6. The minimum absolute atomic E-state index is 0.0447. The molecule has 1 rings (SSSR count). The van der Waals surface area contributed by atoms with Gasteiger partial charge in [-0.15, -0.1) is 0 Å². The smallest absolute Gasteiger partial charge is 0.216 e. The molecular weight excluding hydrogens is 156 g/mol. The largest absolute Gasteiger partial charge is 0.481 e. The van der Waals surface area contributed by atoms with Crippen molar-refractivity contribution in [3.63, 3.8) is 0 Å². The van der Waals surface area contributed by atoms with Crippen molar-refractivity contribution in [3.05, 3.63) is 18.1 Å². The van der Waals surface area contributed by atoms with E-state index >= 15 is 0 Å². The first-order valence-electron chi connectivity index (χ1n) is 3.57. The molecule has 64 valence electrons. The van der Waals surface area contributed by atoms with Gasteiger partial charge in [0.05, 0.1) is 13.5 Å². The molecule has 12 heavy (non-hydrogen) atoms. The molecule has 0 amide bonds. The van der Waals surface area contributed by atoms with Gasteiger partial charge in [-0.05, 0) is 6.92 Å². The van der Waals surface area contributed by atoms with Crippen LogP contribution in [0.15, 0.2) is 12.3 Å². The van der Waals surface area contributed by atoms with Crippen molar-refractivity contribution >= 4 is 5.78 Å². The first kappa shape index (κ1) is 8.64. The number of hydrogen-bond acceptors (Lipinski definition) is 4. The molecular formula is C8H10N2O2. The molecule has 0 aliphatic rings. The summed E-state index contributed by atoms with van der Waals surface area (Å²) in [5, 5.41) is 0. The first-order valence-corrected chi connectivity index (χ1v) is 3.57. The second kappa shape index (κ2) is 3.80. The van der Waals surface area contributed by atoms with Crippen LogP contribution in [0.4, 0.5) is 0 Å². The Bertz CT molecular complexity index is 286. The van der Waals surface area contributed by atoms with Gasteiger partial charge in [0.25, 0.3) is 0 Å². The van der Waals surface area contributed by atoms with Gasteiger partial charge >= 0.3 is 0 Å². The van der Waals surface area contributed by atoms with E-state index < -0.39 is 0 Å². The lowest BCUT2D eigenvalue weighted by atomic mass is 10.3. The topological polar surface area (TPSA) is 52.1 Å². The van der Waals surface area contributed by atoms with E-state index in [-0.39, 0.29) is 12.2 Å². The fourth-order valence-corrected chi connectivity index (χ4v) is 0.802. The van der Waals surface area contributed by atoms with E-state index in [1.165, 1.54) is 14.0 Å². The Morgan fingerprint density at radius 3 is 3.00 bits per heavy atom. The summed E-state index contributed by atoms with van der Waals surface area (Å²) in [5.41, 5.74) is 0. The van der Waals surface area contributed by atoms with Crippen LogP contribution in [-0.4, -0.2) is 22.9 Å². The maximum absolute atomic E-state index is 10.7. The summed E-state index contributed by atoms with van der Waals surface area (Å²) in [6.07, 6.45) is 1.83. The number of Topliss-reactive ketones (excluding diaryl/α,β-unsaturated/α-hetero) is 1. The minimum Gasteiger partial charge on any atom is -0.481 e. The predicted molar refractivity (Wildman–Crippen MR) is 43.0 cm³/mol. The number of aromatic nitrogens is 2. The van der Waals surface area contributed by atoms with Gasteiger partial charge in [0.2, 0.25) is 5.88 Å². The maximum atomic E-state index is 10.7. The quantitative estimate of drug-likeness (QED) is 0.660. The van der Waals surface area contributed by atoms with Crippen LogP contribution in [0.5, 0.6) is 5.88 Å². The second-order valence-electron chi connectivity index (χ2n) is 2.39. The van der Waals surface area contributed by atoms with Crippen LogP contribution in [0.2, 0.25) is 0 Å². The normalized spacial score (nSPS) is 9.50. The lowest BCUT2D eigenvalue weighted by molar-refractivity contribution is -0.116. The van der Waals surface area contributed by atoms with Crippen LogP contribution in [-0.2, 0) is 11.2 Å². The molecule has 0 aliphatic heterocycles. The number of ketones is 1. The number of carbonyl (C=O) groups is 1. The van der Waals surface area contributed by atoms with Gasteiger partial charge in [0, 0.05) is 12.3 Å². The van der Waals surface area contributed by atoms with Crippen LogP contribution in [0.3, 0.4) is 0 Å². The molecule has 1 aromatic rings. The molecule has 0 atom stereocenters. The molecule has 0 N–H and O–H groups in total. The SMILES string of the molecule is COc1ccnc(CC(C)=O)n1. The summed E-state index contributed by atoms with van der Waals surface area (Å²) in [5.74, 6) is 1.03. The highest BCUT2D eigenvalue weighted by atomic mass is 16.5. The molecule has 0 aromatic carbocycles. The van der Waals surface area contributed by atoms with E-state index in [4.69, 9.17) is 4.74 Å². The Hall–Kier alpha value is -1.45. The van der Waals surface area contributed by atoms with Crippen LogP contribution < -0.4 is 4.74 Å². The standard InChI is InChI=1S/C8H10N2O2/c1-6(11)5-7-9-4-3-8(10-7)12-2/h3-4H,5H2,1-2H3. The zero-order valence-corrected chi connectivity index (χ0v) is 7.07. The molecule has 0 radical (unpaired) electrons. The molecule has 1 aromatic heterocycles. The van der Waals surface area contributed by atoms with Crippen LogP contribution >= 0.6 is 0 Å². The molecule has 0 bridgehead atoms. The van der Waals surface area contributed by atoms with E-state index in [0.717, 1.165) is 0 Å². The monoisotopic (exact) mass is 166 g/mol. The van der Waals surface area contributed by atoms with Crippen molar-refractivity contribution in [2.75, 3.05) is 7.11 Å². The number of rotatable bonds is 3. The van der Waals surface area contributed by atoms with E-state index in [0.29, 0.717) is 11.7 Å². The van der Waals surface area contributed by atoms with Gasteiger partial charge in [-0.3, -0.25) is 4.79 Å². The fourth-order valence-electron chi connectivity index (χ4n) is 0.802. The molecule has 0 aliphatic carbocycles. The third-order valence-corrected chi connectivity index (χ3v) is 1.30. The average Bonchev–Trinajstić information content (AvgIpc) is 2.03. The lowest BCUT2D eigenvalue weighted by Crippen LogP contribution is -2.02. The second-order valence-corrected chi connectivity index (χ2v) is 2.39. The highest BCUT2D eigenvalue weighted by molar-refractivity contribution is 5.77. The number of carbonyl (C=O) groups excluding carboxylic acids is 1. The molecule has 4 heteroatoms. The van der Waals surface area contributed by atoms with Crippen LogP contribution in [0, 0.1) is 0 Å². The Labute approximate surface area is 70.6 Å². The van der Waals surface area contributed by atoms with E-state index in [1.54, 1.807) is 12.3 Å². The Kier molecular flexibility index (Phi) is 2.74. The third-order valence-electron chi connectivity index (χ3n) is 1.30. The Balaban J connectivity index is 2.79. The molecule has 0 fully saturated rings. The van der Waals surface area contributed by atoms with Crippen LogP contribution in [0.1, 0.15) is 12.7 Å². The molecule has 0 saturated carbocycles. The van der Waals surface area contributed by atoms with Gasteiger partial charge in [-0.1, -0.05) is 0 Å². The molecule has 4 nitrogen and oxygen atoms in total. The predicted octanol–water partition coefficient (Wildman–Crippen LogP) is 0.617. The van der Waals surface area contributed by atoms with Crippen molar-refractivity contribution in [1.29, 1.82) is 0 Å². The Morgan fingerprint density at radius 2 is 2.42 bits per heavy atom. The molecule has 0 unspecified atom stereocenters. The van der Waals surface area contributed by atoms with Crippen LogP contribution in [0.25, 0.3) is 0 Å². The lowest BCUT2D eigenvalue weighted by Gasteiger charge is -1.99. The van der Waals surface area contributed by atoms with Gasteiger partial charge in [-0.2, -0.15) is 4.98 Å². The Morgan fingerprint density at radius 1 is 1.67 bits per heavy atom. The van der Waals surface area contributed by atoms with Crippen molar-refractivity contribution in [2.24, 2.45) is 0 Å². The number of nitrogens with zero attached hydrogens (tertiary/aromatic N) is 2. The van der Waals surface area contributed by atoms with Crippen molar-refractivity contribution in [3.8, 4) is 5.88 Å². The molecule has 1 heterocycles. The van der Waals surface area contributed by atoms with Gasteiger partial charge < -0.3 is 4.74 Å². The summed E-state index contributed by atoms with van der Waals surface area (Å²) >= 11 is 0. The van der Waals surface area contributed by atoms with Gasteiger partial charge in [-0.25, -0.2) is 4.98 Å². The summed E-state index contributed by atoms with van der Waals surface area (Å²) in [6, 6.07) is 1.64. The average molecular weight is 166 g/mol. The van der Waals surface area contributed by atoms with Crippen molar-refractivity contribution in [1.82, 2.24) is 9.97 Å². The van der Waals surface area contributed by atoms with Gasteiger partial charge in [0.15, 0.2) is 0 Å². The first-order chi connectivity index (χ1) is 5.72. The van der Waals surface area contributed by atoms with Crippen molar-refractivity contribution < 1.29 is 9.53 Å². The van der Waals surface area contributed by atoms with Crippen molar-refractivity contribution in [2.45, 2.75) is 13.3 Å². The summed E-state index contributed by atoms with van der Waals surface area (Å²) < 4.78 is 4.87. The zero-order chi connectivity index (χ0) is 8.97. The third kappa shape index (κ3) is 2.30. The van der Waals surface area contributed by atoms with Gasteiger partial charge in [0.1, 0.15) is 11.6 Å². The number of hydrogen-bond donors (Lipinski definition) is 0. The minimum atomic E-state index is 0.0447. The van der Waals surface area contributed by atoms with E-state index in [2.05, 4.69) is 9.97 Å². The van der Waals surface area contributed by atoms with E-state index in [1.807, 2.05) is 0 Å². The maximum Gasteiger partial charge on any atom is 0.216 e. The summed E-state index contributed by atoms with van der Waals surface area (Å²) in [6.45, 7) is 1.50. The zero-order valence-electron chi connectivity index (χ0n) is 7.07. The summed E-state index contributed by atoms with van der Waals surface area (Å²) in [7, 11) is 1.53. The fraction of sp³-hybridized carbons (Fsp3) is 0.375. The highest BCUT2D eigenvalue weighted by Gasteiger charge is 2.01. The number of ether oxygens (including phenoxy) is 1.